The van der Waals surface area contributed by atoms with Crippen LogP contribution in [-0.4, -0.2) is 94.0 Å². The van der Waals surface area contributed by atoms with Crippen molar-refractivity contribution in [3.8, 4) is 6.07 Å². The van der Waals surface area contributed by atoms with Crippen molar-refractivity contribution in [2.45, 2.75) is 73.2 Å². The van der Waals surface area contributed by atoms with Crippen LogP contribution < -0.4 is 4.90 Å². The average molecular weight is 713 g/mol. The van der Waals surface area contributed by atoms with Gasteiger partial charge in [-0.3, -0.25) is 9.59 Å². The molecule has 46 heavy (non-hydrogen) atoms. The first kappa shape index (κ1) is 35.2. The maximum Gasteiger partial charge on any atom is 0.460 e. The summed E-state index contributed by atoms with van der Waals surface area (Å²) >= 11 is 6.01. The Kier molecular flexibility index (Phi) is 7.60. The molecule has 3 heterocycles. The normalized spacial score (nSPS) is 23.0. The number of nitriles is 1. The number of nitrogens with zero attached hydrogens (tertiary/aromatic N) is 4. The van der Waals surface area contributed by atoms with Crippen molar-refractivity contribution in [1.29, 1.82) is 5.26 Å². The molecule has 3 fully saturated rings. The number of benzene rings is 1. The molecule has 2 bridgehead atoms. The summed E-state index contributed by atoms with van der Waals surface area (Å²) in [5, 5.41) is 8.83. The predicted octanol–water partition coefficient (Wildman–Crippen LogP) is 6.01. The number of anilines is 1. The fourth-order valence-electron chi connectivity index (χ4n) is 5.40. The molecule has 7 nitrogen and oxygen atoms in total. The van der Waals surface area contributed by atoms with Gasteiger partial charge in [0.15, 0.2) is 0 Å². The third-order valence-electron chi connectivity index (χ3n) is 7.84. The zero-order chi connectivity index (χ0) is 35.5. The van der Waals surface area contributed by atoms with E-state index in [4.69, 9.17) is 16.9 Å². The second kappa shape index (κ2) is 9.93. The number of fused-ring (bicyclic) bond motifs is 5. The van der Waals surface area contributed by atoms with E-state index in [2.05, 4.69) is 0 Å². The minimum absolute atomic E-state index is 0.0499. The number of amides is 4. The number of hydrogen-bond acceptors (Lipinski definition) is 4. The lowest BCUT2D eigenvalue weighted by Crippen LogP contribution is -2.74. The van der Waals surface area contributed by atoms with Gasteiger partial charge in [-0.05, 0) is 31.0 Å². The highest BCUT2D eigenvalue weighted by molar-refractivity contribution is 6.33. The van der Waals surface area contributed by atoms with Crippen LogP contribution in [-0.2, 0) is 9.59 Å². The largest absolute Gasteiger partial charge is 0.460 e. The first-order chi connectivity index (χ1) is 20.6. The molecule has 3 aliphatic heterocycles. The summed E-state index contributed by atoms with van der Waals surface area (Å²) in [5.41, 5.74) is -0.447. The highest BCUT2D eigenvalue weighted by Gasteiger charge is 2.94. The zero-order valence-corrected chi connectivity index (χ0v) is 22.6. The number of piperazine rings is 1. The summed E-state index contributed by atoms with van der Waals surface area (Å²) < 4.78 is 204. The second-order valence-corrected chi connectivity index (χ2v) is 10.7. The zero-order valence-electron chi connectivity index (χ0n) is 21.9. The molecule has 1 aromatic rings. The summed E-state index contributed by atoms with van der Waals surface area (Å²) in [7, 11) is 0. The van der Waals surface area contributed by atoms with E-state index in [1.165, 1.54) is 6.92 Å². The fraction of sp³-hybridized carbons (Fsp3) is 0.565. The number of alkyl halides is 15. The number of carbonyl (C=O) groups excluding carboxylic acids is 3. The highest BCUT2D eigenvalue weighted by atomic mass is 35.5. The van der Waals surface area contributed by atoms with Gasteiger partial charge < -0.3 is 9.80 Å². The maximum atomic E-state index is 14.7. The first-order valence-electron chi connectivity index (χ1n) is 12.1. The number of carbonyl (C=O) groups is 3. The van der Waals surface area contributed by atoms with Crippen molar-refractivity contribution in [2.75, 3.05) is 11.4 Å². The first-order valence-corrected chi connectivity index (χ1v) is 12.5. The molecular weight excluding hydrogens is 701 g/mol. The van der Waals surface area contributed by atoms with Gasteiger partial charge >= 0.3 is 47.7 Å². The van der Waals surface area contributed by atoms with Crippen LogP contribution >= 0.6 is 11.6 Å². The SMILES string of the molecule is Cc1c(N2C(=O)[C@H]3C4C[C@H](CN4C(=O)C(F)(F)C(F)(F)C(F)(F)C(F)(F)C(F)(F)C(F)(F)C(F)(F)F)N3C2=O)ccc(C#N)c1Cl. The third kappa shape index (κ3) is 4.11. The Labute approximate surface area is 250 Å². The summed E-state index contributed by atoms with van der Waals surface area (Å²) in [5.74, 6) is -53.8. The summed E-state index contributed by atoms with van der Waals surface area (Å²) in [4.78, 5) is 39.4. The van der Waals surface area contributed by atoms with Crippen LogP contribution in [0, 0.1) is 18.3 Å². The predicted molar refractivity (Wildman–Crippen MR) is 119 cm³/mol. The monoisotopic (exact) mass is 712 g/mol. The summed E-state index contributed by atoms with van der Waals surface area (Å²) in [6, 6.07) is -2.92. The molecule has 23 heteroatoms. The van der Waals surface area contributed by atoms with Gasteiger partial charge in [0.05, 0.1) is 28.4 Å². The van der Waals surface area contributed by atoms with Gasteiger partial charge in [0.2, 0.25) is 0 Å². The molecule has 3 saturated heterocycles. The standard InChI is InChI=1S/C23H12ClF15N4O3/c1-7-10(3-2-8(5-40)12(7)24)43-14(44)13-11-4-9(42(13)16(43)46)6-41(11)15(45)17(25,26)18(27,28)19(29,30)20(31,32)21(33,34)22(35,36)23(37,38)39/h2-3,9,11,13H,4,6H2,1H3/t9-,11?,13-/m1/s1. The van der Waals surface area contributed by atoms with Gasteiger partial charge in [-0.25, -0.2) is 9.69 Å². The molecule has 0 aromatic heterocycles. The number of urea groups is 1. The number of imide groups is 1. The molecular formula is C23H12ClF15N4O3. The Balaban J connectivity index is 1.67. The van der Waals surface area contributed by atoms with Crippen molar-refractivity contribution in [3.05, 3.63) is 28.3 Å². The Bertz CT molecular complexity index is 1560. The van der Waals surface area contributed by atoms with Gasteiger partial charge in [-0.15, -0.1) is 0 Å². The molecule has 3 aliphatic rings. The van der Waals surface area contributed by atoms with Crippen LogP contribution in [0.5, 0.6) is 0 Å². The molecule has 4 rings (SSSR count). The molecule has 254 valence electrons. The Hall–Kier alpha value is -3.64. The van der Waals surface area contributed by atoms with E-state index >= 15 is 0 Å². The topological polar surface area (TPSA) is 84.7 Å². The van der Waals surface area contributed by atoms with Crippen LogP contribution in [0.25, 0.3) is 0 Å². The summed E-state index contributed by atoms with van der Waals surface area (Å²) in [6.07, 6.45) is -8.44. The number of rotatable bonds is 7. The van der Waals surface area contributed by atoms with Crippen molar-refractivity contribution in [1.82, 2.24) is 9.80 Å². The van der Waals surface area contributed by atoms with Gasteiger partial charge in [-0.1, -0.05) is 11.6 Å². The second-order valence-electron chi connectivity index (χ2n) is 10.3. The van der Waals surface area contributed by atoms with Crippen molar-refractivity contribution >= 4 is 35.1 Å². The molecule has 0 radical (unpaired) electrons. The lowest BCUT2D eigenvalue weighted by molar-refractivity contribution is -0.450. The van der Waals surface area contributed by atoms with E-state index < -0.39 is 95.5 Å². The van der Waals surface area contributed by atoms with Crippen molar-refractivity contribution in [2.24, 2.45) is 0 Å². The van der Waals surface area contributed by atoms with E-state index in [0.29, 0.717) is 9.80 Å². The Morgan fingerprint density at radius 2 is 1.35 bits per heavy atom. The van der Waals surface area contributed by atoms with Gasteiger partial charge in [0.1, 0.15) is 12.1 Å². The number of likely N-dealkylation sites (tertiary alicyclic amines) is 1. The summed E-state index contributed by atoms with van der Waals surface area (Å²) in [6.45, 7) is -0.0183. The van der Waals surface area contributed by atoms with Gasteiger partial charge in [0.25, 0.3) is 11.8 Å². The lowest BCUT2D eigenvalue weighted by atomic mass is 9.90. The van der Waals surface area contributed by atoms with Crippen LogP contribution in [0.2, 0.25) is 5.02 Å². The number of halogens is 16. The molecule has 0 saturated carbocycles. The van der Waals surface area contributed by atoms with E-state index in [0.717, 1.165) is 12.1 Å². The highest BCUT2D eigenvalue weighted by Crippen LogP contribution is 2.62. The van der Waals surface area contributed by atoms with Crippen molar-refractivity contribution in [3.63, 3.8) is 0 Å². The smallest absolute Gasteiger partial charge is 0.330 e. The minimum atomic E-state index is -8.57. The third-order valence-corrected chi connectivity index (χ3v) is 8.33. The minimum Gasteiger partial charge on any atom is -0.330 e. The molecule has 0 N–H and O–H groups in total. The van der Waals surface area contributed by atoms with Gasteiger partial charge in [-0.2, -0.15) is 71.1 Å². The van der Waals surface area contributed by atoms with Crippen LogP contribution in [0.3, 0.4) is 0 Å². The maximum absolute atomic E-state index is 14.7. The fourth-order valence-corrected chi connectivity index (χ4v) is 5.60. The molecule has 1 aromatic carbocycles. The van der Waals surface area contributed by atoms with Crippen LogP contribution in [0.4, 0.5) is 76.3 Å². The quantitative estimate of drug-likeness (QED) is 0.256. The molecule has 0 spiro atoms. The molecule has 3 atom stereocenters. The van der Waals surface area contributed by atoms with E-state index in [9.17, 15) is 80.2 Å². The Morgan fingerprint density at radius 3 is 1.85 bits per heavy atom. The Morgan fingerprint density at radius 1 is 0.848 bits per heavy atom. The van der Waals surface area contributed by atoms with E-state index in [1.54, 1.807) is 6.07 Å². The number of hydrogen-bond donors (Lipinski definition) is 0. The molecule has 4 amide bonds. The van der Waals surface area contributed by atoms with Crippen molar-refractivity contribution < 1.29 is 80.2 Å². The van der Waals surface area contributed by atoms with E-state index in [-0.39, 0.29) is 21.8 Å². The molecule has 0 aliphatic carbocycles. The van der Waals surface area contributed by atoms with Crippen LogP contribution in [0.15, 0.2) is 12.1 Å². The van der Waals surface area contributed by atoms with Gasteiger partial charge in [0, 0.05) is 6.54 Å². The lowest BCUT2D eigenvalue weighted by Gasteiger charge is -2.42. The van der Waals surface area contributed by atoms with E-state index in [1.807, 2.05) is 0 Å². The average Bonchev–Trinajstić information content (AvgIpc) is 3.60. The van der Waals surface area contributed by atoms with Crippen LogP contribution in [0.1, 0.15) is 17.5 Å². The molecule has 1 unspecified atom stereocenters.